The Morgan fingerprint density at radius 1 is 0.787 bits per heavy atom. The van der Waals surface area contributed by atoms with Crippen molar-refractivity contribution in [1.29, 1.82) is 0 Å². The molecule has 1 unspecified atom stereocenters. The minimum absolute atomic E-state index is 0. The third-order valence-corrected chi connectivity index (χ3v) is 13.4. The van der Waals surface area contributed by atoms with E-state index < -0.39 is 5.97 Å². The standard InChI is InChI=1S/C25H32N4O3S.C16H26N4OS2.C11H13BrO2.C2H4O2.H3P/c1-6-7-16-14-17(8-13-20(16)30)21(31)22-23(26)28-24(33-22)27-18-9-11-19(12-10-18)32-15-25(2,3)29(4)5;1-6-23-14(17)19-15(22)18-12-7-9-13(10-8-12)21-11-16(2,3)20(4)5;1-2-3-8-6-9(11(14)7-12)4-5-10(8)13;1-2(3)4;/h8-14,30H,6-7,15,26H2,1-5H3,(H,27,28);7-10H,6,11H2,1-5H3,(H3,17,18,19,22);4-6,13H,2-3,7H2,1H3;1H3,(H,3,4);1H3. The number of phenols is 2. The van der Waals surface area contributed by atoms with Crippen molar-refractivity contribution in [1.82, 2.24) is 14.8 Å². The van der Waals surface area contributed by atoms with Crippen LogP contribution < -0.4 is 31.6 Å². The van der Waals surface area contributed by atoms with Gasteiger partial charge in [0.2, 0.25) is 5.78 Å². The summed E-state index contributed by atoms with van der Waals surface area (Å²) >= 11 is 10.9. The predicted octanol–water partition coefficient (Wildman–Crippen LogP) is 11.3. The number of aromatic hydroxyl groups is 2. The number of nitrogens with two attached hydrogens (primary N) is 2. The van der Waals surface area contributed by atoms with Crippen LogP contribution in [0.25, 0.3) is 0 Å². The lowest BCUT2D eigenvalue weighted by Crippen LogP contribution is -2.43. The van der Waals surface area contributed by atoms with E-state index in [-0.39, 0.29) is 49.9 Å². The molecule has 0 aliphatic heterocycles. The number of hydrogen-bond acceptors (Lipinski definition) is 15. The Labute approximate surface area is 469 Å². The minimum Gasteiger partial charge on any atom is -0.508 e. The van der Waals surface area contributed by atoms with Crippen molar-refractivity contribution < 1.29 is 39.2 Å². The summed E-state index contributed by atoms with van der Waals surface area (Å²) in [5.74, 6) is 2.13. The van der Waals surface area contributed by atoms with Crippen molar-refractivity contribution in [2.24, 2.45) is 10.7 Å². The zero-order chi connectivity index (χ0) is 55.8. The second-order valence-electron chi connectivity index (χ2n) is 18.3. The molecule has 0 radical (unpaired) electrons. The number of thiazole rings is 1. The molecule has 21 heteroatoms. The van der Waals surface area contributed by atoms with Crippen molar-refractivity contribution >= 4 is 111 Å². The highest BCUT2D eigenvalue weighted by atomic mass is 79.9. The maximum atomic E-state index is 13.0. The molecule has 5 rings (SSSR count). The maximum Gasteiger partial charge on any atom is 0.300 e. The Hall–Kier alpha value is -5.34. The number of aliphatic imine (C=N–C) groups is 1. The monoisotopic (exact) mass is 1170 g/mol. The average molecular weight is 1170 g/mol. The second-order valence-corrected chi connectivity index (χ2v) is 21.5. The first kappa shape index (κ1) is 67.7. The summed E-state index contributed by atoms with van der Waals surface area (Å²) in [5, 5.41) is 34.8. The Kier molecular flexibility index (Phi) is 30.4. The number of phenolic OH excluding ortho intramolecular Hbond substituents is 2. The number of carboxylic acids is 1. The SMILES string of the molecule is CC(=O)O.CCCc1cc(C(=O)CBr)ccc1O.CCCc1cc(C(=O)c2sc(Nc3ccc(OCC(C)(C)N(C)C)cc3)nc2N)ccc1O.CCSC(N)=NC(=S)Nc1ccc(OCC(C)(C)N(C)C)cc1.P. The number of ether oxygens (including phenoxy) is 2. The highest BCUT2D eigenvalue weighted by Gasteiger charge is 2.23. The number of nitrogen functional groups attached to an aromatic ring is 1. The number of carboxylic acid groups (broad SMARTS) is 1. The van der Waals surface area contributed by atoms with E-state index in [1.807, 2.05) is 97.5 Å². The number of likely N-dealkylation sites (N-methyl/N-ethyl adjacent to an activating group) is 2. The third-order valence-electron chi connectivity index (χ3n) is 11.1. The summed E-state index contributed by atoms with van der Waals surface area (Å²) in [6.07, 6.45) is 3.33. The van der Waals surface area contributed by atoms with Crippen LogP contribution in [0, 0.1) is 0 Å². The summed E-state index contributed by atoms with van der Waals surface area (Å²) in [5.41, 5.74) is 16.1. The molecule has 0 saturated heterocycles. The van der Waals surface area contributed by atoms with E-state index in [2.05, 4.69) is 74.0 Å². The van der Waals surface area contributed by atoms with Crippen molar-refractivity contribution in [3.05, 3.63) is 112 Å². The molecule has 9 N–H and O–H groups in total. The molecule has 412 valence electrons. The van der Waals surface area contributed by atoms with E-state index in [1.165, 1.54) is 23.1 Å². The molecule has 1 aromatic heterocycles. The van der Waals surface area contributed by atoms with E-state index in [0.717, 1.165) is 65.9 Å². The molecular formula is C54H78BrN8O8PS3. The van der Waals surface area contributed by atoms with Gasteiger partial charge in [0.15, 0.2) is 21.2 Å². The zero-order valence-corrected chi connectivity index (χ0v) is 50.8. The average Bonchev–Trinajstić information content (AvgIpc) is 3.71. The number of halogens is 1. The molecule has 0 aliphatic rings. The predicted molar refractivity (Wildman–Crippen MR) is 325 cm³/mol. The first-order chi connectivity index (χ1) is 34.8. The molecule has 75 heavy (non-hydrogen) atoms. The number of amidine groups is 1. The topological polar surface area (TPSA) is 238 Å². The lowest BCUT2D eigenvalue weighted by atomic mass is 10.0. The number of nitrogens with zero attached hydrogens (tertiary/aromatic N) is 4. The number of anilines is 4. The van der Waals surface area contributed by atoms with Gasteiger partial charge >= 0.3 is 0 Å². The van der Waals surface area contributed by atoms with Crippen LogP contribution in [-0.4, -0.2) is 121 Å². The zero-order valence-electron chi connectivity index (χ0n) is 45.4. The number of aryl methyl sites for hydroxylation is 2. The van der Waals surface area contributed by atoms with Crippen LogP contribution in [0.4, 0.5) is 22.3 Å². The molecule has 0 amide bonds. The number of carbonyl (C=O) groups excluding carboxylic acids is 2. The van der Waals surface area contributed by atoms with Crippen LogP contribution in [-0.2, 0) is 17.6 Å². The minimum atomic E-state index is -0.833. The number of alkyl halides is 1. The van der Waals surface area contributed by atoms with Gasteiger partial charge in [-0.2, -0.15) is 14.9 Å². The van der Waals surface area contributed by atoms with Gasteiger partial charge < -0.3 is 56.7 Å². The van der Waals surface area contributed by atoms with Crippen LogP contribution in [0.1, 0.15) is 105 Å². The third kappa shape index (κ3) is 24.5. The van der Waals surface area contributed by atoms with Gasteiger partial charge in [0.1, 0.15) is 46.9 Å². The van der Waals surface area contributed by atoms with Crippen molar-refractivity contribution in [3.63, 3.8) is 0 Å². The number of nitrogens with one attached hydrogen (secondary N) is 2. The Balaban J connectivity index is 0.000000580. The second kappa shape index (κ2) is 33.6. The highest BCUT2D eigenvalue weighted by Crippen LogP contribution is 2.32. The molecule has 0 bridgehead atoms. The fourth-order valence-corrected chi connectivity index (χ4v) is 7.70. The number of benzene rings is 4. The fourth-order valence-electron chi connectivity index (χ4n) is 5.78. The number of Topliss-reactive ketones (excluding diaryl/α,β-unsaturated/α-hetero) is 1. The normalized spacial score (nSPS) is 11.1. The van der Waals surface area contributed by atoms with E-state index >= 15 is 0 Å². The molecule has 0 aliphatic carbocycles. The Morgan fingerprint density at radius 2 is 1.23 bits per heavy atom. The molecular weight excluding hydrogens is 1100 g/mol. The van der Waals surface area contributed by atoms with Gasteiger partial charge in [-0.15, -0.1) is 0 Å². The number of thioether (sulfide) groups is 1. The largest absolute Gasteiger partial charge is 0.508 e. The summed E-state index contributed by atoms with van der Waals surface area (Å²) < 4.78 is 11.7. The van der Waals surface area contributed by atoms with Gasteiger partial charge in [0.05, 0.1) is 5.33 Å². The van der Waals surface area contributed by atoms with E-state index in [0.29, 0.717) is 56.4 Å². The molecule has 1 heterocycles. The summed E-state index contributed by atoms with van der Waals surface area (Å²) in [6.45, 7) is 16.9. The van der Waals surface area contributed by atoms with Gasteiger partial charge in [-0.05, 0) is 183 Å². The Bertz CT molecular complexity index is 2610. The molecule has 16 nitrogen and oxygen atoms in total. The van der Waals surface area contributed by atoms with Gasteiger partial charge in [-0.1, -0.05) is 72.6 Å². The molecule has 0 fully saturated rings. The summed E-state index contributed by atoms with van der Waals surface area (Å²) in [7, 11) is 8.14. The van der Waals surface area contributed by atoms with Gasteiger partial charge in [0.25, 0.3) is 5.97 Å². The van der Waals surface area contributed by atoms with Crippen molar-refractivity contribution in [2.75, 3.05) is 68.9 Å². The molecule has 0 spiro atoms. The lowest BCUT2D eigenvalue weighted by molar-refractivity contribution is -0.134. The van der Waals surface area contributed by atoms with Crippen LogP contribution in [0.3, 0.4) is 0 Å². The maximum absolute atomic E-state index is 13.0. The molecule has 1 atom stereocenters. The number of carbonyl (C=O) groups is 3. The molecule has 5 aromatic rings. The van der Waals surface area contributed by atoms with E-state index in [1.54, 1.807) is 36.4 Å². The van der Waals surface area contributed by atoms with Gasteiger partial charge in [-0.3, -0.25) is 14.4 Å². The first-order valence-corrected chi connectivity index (χ1v) is 27.2. The van der Waals surface area contributed by atoms with Gasteiger partial charge in [-0.25, -0.2) is 4.98 Å². The summed E-state index contributed by atoms with van der Waals surface area (Å²) in [6, 6.07) is 25.1. The first-order valence-electron chi connectivity index (χ1n) is 23.9. The highest BCUT2D eigenvalue weighted by molar-refractivity contribution is 9.09. The van der Waals surface area contributed by atoms with Crippen LogP contribution in [0.5, 0.6) is 23.0 Å². The molecule has 0 saturated carbocycles. The number of hydrogen-bond donors (Lipinski definition) is 7. The van der Waals surface area contributed by atoms with Crippen molar-refractivity contribution in [3.8, 4) is 23.0 Å². The fraction of sp³-hybridized carbons (Fsp3) is 0.407. The van der Waals surface area contributed by atoms with E-state index in [9.17, 15) is 19.8 Å². The van der Waals surface area contributed by atoms with Crippen LogP contribution >= 0.6 is 61.1 Å². The number of ketones is 2. The quantitative estimate of drug-likeness (QED) is 0.00958. The van der Waals surface area contributed by atoms with Crippen molar-refractivity contribution in [2.45, 2.75) is 92.2 Å². The van der Waals surface area contributed by atoms with Crippen LogP contribution in [0.15, 0.2) is 89.9 Å². The van der Waals surface area contributed by atoms with Crippen LogP contribution in [0.2, 0.25) is 0 Å². The molecule has 4 aromatic carbocycles. The summed E-state index contributed by atoms with van der Waals surface area (Å²) in [4.78, 5) is 46.4. The smallest absolute Gasteiger partial charge is 0.300 e. The Morgan fingerprint density at radius 3 is 1.65 bits per heavy atom. The number of thiocarbonyl (C=S) groups is 1. The lowest BCUT2D eigenvalue weighted by Gasteiger charge is -2.32. The number of aliphatic carboxylic acids is 1. The number of aromatic nitrogens is 1. The number of rotatable bonds is 20. The van der Waals surface area contributed by atoms with Gasteiger partial charge in [0, 0.05) is 40.5 Å². The van der Waals surface area contributed by atoms with E-state index in [4.69, 9.17) is 43.1 Å².